The lowest BCUT2D eigenvalue weighted by atomic mass is 9.88. The zero-order chi connectivity index (χ0) is 34.7. The lowest BCUT2D eigenvalue weighted by Gasteiger charge is -2.13. The van der Waals surface area contributed by atoms with Crippen LogP contribution in [0.3, 0.4) is 0 Å². The molecule has 0 unspecified atom stereocenters. The molecule has 0 radical (unpaired) electrons. The van der Waals surface area contributed by atoms with Crippen LogP contribution < -0.4 is 9.13 Å². The van der Waals surface area contributed by atoms with Gasteiger partial charge in [0.1, 0.15) is 0 Å². The molecule has 7 aromatic rings. The summed E-state index contributed by atoms with van der Waals surface area (Å²) < 4.78 is 5.13. The number of pyridine rings is 2. The molecule has 0 atom stereocenters. The minimum atomic E-state index is 0.931. The summed E-state index contributed by atoms with van der Waals surface area (Å²) in [6.45, 7) is 1.94. The summed E-state index contributed by atoms with van der Waals surface area (Å²) in [5, 5.41) is 17.4. The molecule has 2 aliphatic heterocycles. The van der Waals surface area contributed by atoms with Crippen LogP contribution in [-0.2, 0) is 38.8 Å². The van der Waals surface area contributed by atoms with Gasteiger partial charge in [-0.15, -0.1) is 0 Å². The predicted octanol–water partition coefficient (Wildman–Crippen LogP) is 11.5. The predicted molar refractivity (Wildman–Crippen MR) is 226 cm³/mol. The van der Waals surface area contributed by atoms with Crippen molar-refractivity contribution in [2.45, 2.75) is 38.8 Å². The molecule has 0 N–H and O–H groups in total. The Kier molecular flexibility index (Phi) is 9.62. The molecule has 254 valence electrons. The largest absolute Gasteiger partial charge is 0.206 e. The van der Waals surface area contributed by atoms with Crippen LogP contribution >= 0.6 is 45.3 Å². The third-order valence-corrected chi connectivity index (χ3v) is 13.0. The molecule has 0 amide bonds. The zero-order valence-corrected chi connectivity index (χ0v) is 32.0. The van der Waals surface area contributed by atoms with Gasteiger partial charge in [-0.2, -0.15) is 54.5 Å². The smallest absolute Gasteiger partial charge is 0.195 e. The second-order valence-corrected chi connectivity index (χ2v) is 16.6. The number of nitrogens with zero attached hydrogens (tertiary/aromatic N) is 2. The number of thiophene rings is 4. The third kappa shape index (κ3) is 7.30. The van der Waals surface area contributed by atoms with E-state index in [0.29, 0.717) is 0 Å². The maximum Gasteiger partial charge on any atom is 0.206 e. The fourth-order valence-electron chi connectivity index (χ4n) is 7.51. The quantitative estimate of drug-likeness (QED) is 0.137. The molecule has 0 spiro atoms. The van der Waals surface area contributed by atoms with E-state index in [9.17, 15) is 0 Å². The topological polar surface area (TPSA) is 7.76 Å². The van der Waals surface area contributed by atoms with E-state index in [1.54, 1.807) is 45.3 Å². The van der Waals surface area contributed by atoms with Crippen molar-refractivity contribution in [3.05, 3.63) is 182 Å². The number of aromatic nitrogens is 2. The Labute approximate surface area is 322 Å². The van der Waals surface area contributed by atoms with Gasteiger partial charge in [0.2, 0.25) is 11.4 Å². The average Bonchev–Trinajstić information content (AvgIpc) is 4.00. The highest BCUT2D eigenvalue weighted by Gasteiger charge is 2.29. The van der Waals surface area contributed by atoms with Gasteiger partial charge in [0, 0.05) is 49.3 Å². The van der Waals surface area contributed by atoms with Crippen LogP contribution in [0.1, 0.15) is 78.4 Å². The Morgan fingerprint density at radius 2 is 0.769 bits per heavy atom. The van der Waals surface area contributed by atoms with Crippen molar-refractivity contribution in [2.75, 3.05) is 0 Å². The SMILES string of the molecule is C(=C\c1cc(/C=C/c2ccsc2)[n+]2c(c1)Cc1c(ccc3c1Cc1cc(/C=C/c4ccsc4)cc(/C=C/c4ccsc4)[n+]1CC3)CC2)/c1ccsc1. The molecule has 0 saturated heterocycles. The summed E-state index contributed by atoms with van der Waals surface area (Å²) in [6, 6.07) is 23.2. The van der Waals surface area contributed by atoms with Crippen molar-refractivity contribution in [1.29, 1.82) is 0 Å². The number of benzene rings is 1. The molecule has 1 aromatic carbocycles. The van der Waals surface area contributed by atoms with Crippen LogP contribution in [0.4, 0.5) is 0 Å². The van der Waals surface area contributed by atoms with Crippen LogP contribution in [0.5, 0.6) is 0 Å². The molecule has 0 bridgehead atoms. The molecule has 2 aliphatic rings. The lowest BCUT2D eigenvalue weighted by Crippen LogP contribution is -2.41. The molecular formula is C46H38N2S4+2. The van der Waals surface area contributed by atoms with E-state index in [1.165, 1.54) is 78.4 Å². The molecule has 6 heteroatoms. The van der Waals surface area contributed by atoms with E-state index < -0.39 is 0 Å². The highest BCUT2D eigenvalue weighted by atomic mass is 32.1. The standard InChI is InChI=1S/C46H38N2S4/c1(33-13-19-49-29-33)3-37-23-41(9-5-35-15-21-51-31-35)47-17-11-39-7-8-40-12-18-48-42(10-6-36-16-22-52-32-36)24-38(4-2-34-14-20-50-30-34)26-44(48)28-46(40)45(39)27-43(47)25-37/h1-10,13-16,19-26,29-32H,11-12,17-18,27-28H2/q+2/b3-1+,4-2+,9-5+,10-6+. The van der Waals surface area contributed by atoms with Gasteiger partial charge in [0.05, 0.1) is 12.8 Å². The lowest BCUT2D eigenvalue weighted by molar-refractivity contribution is -0.704. The van der Waals surface area contributed by atoms with Gasteiger partial charge in [-0.1, -0.05) is 36.4 Å². The molecule has 0 aliphatic carbocycles. The Morgan fingerprint density at radius 1 is 0.404 bits per heavy atom. The number of aryl methyl sites for hydroxylation is 2. The van der Waals surface area contributed by atoms with Crippen molar-refractivity contribution < 1.29 is 9.13 Å². The second-order valence-electron chi connectivity index (χ2n) is 13.5. The van der Waals surface area contributed by atoms with Gasteiger partial charge < -0.3 is 0 Å². The van der Waals surface area contributed by atoms with E-state index in [4.69, 9.17) is 0 Å². The molecular weight excluding hydrogens is 709 g/mol. The fraction of sp³-hybridized carbons (Fsp3) is 0.130. The van der Waals surface area contributed by atoms with Gasteiger partial charge in [-0.05, 0) is 135 Å². The van der Waals surface area contributed by atoms with Gasteiger partial charge in [-0.25, -0.2) is 0 Å². The molecule has 0 saturated carbocycles. The summed E-state index contributed by atoms with van der Waals surface area (Å²) in [7, 11) is 0. The Hall–Kier alpha value is -4.72. The number of hydrogen-bond acceptors (Lipinski definition) is 4. The van der Waals surface area contributed by atoms with Crippen molar-refractivity contribution in [3.63, 3.8) is 0 Å². The van der Waals surface area contributed by atoms with Crippen molar-refractivity contribution >= 4 is 94.0 Å². The first kappa shape index (κ1) is 33.1. The van der Waals surface area contributed by atoms with E-state index in [-0.39, 0.29) is 0 Å². The molecule has 6 aromatic heterocycles. The normalized spacial score (nSPS) is 14.2. The second kappa shape index (κ2) is 15.1. The molecule has 0 fully saturated rings. The average molecular weight is 747 g/mol. The first-order valence-corrected chi connectivity index (χ1v) is 21.6. The Bertz CT molecular complexity index is 2270. The van der Waals surface area contributed by atoms with Crippen molar-refractivity contribution in [3.8, 4) is 0 Å². The number of fused-ring (bicyclic) bond motifs is 5. The minimum absolute atomic E-state index is 0.931. The van der Waals surface area contributed by atoms with Crippen LogP contribution in [-0.4, -0.2) is 0 Å². The maximum absolute atomic E-state index is 2.57. The summed E-state index contributed by atoms with van der Waals surface area (Å²) >= 11 is 6.98. The first-order chi connectivity index (χ1) is 25.7. The first-order valence-electron chi connectivity index (χ1n) is 17.8. The summed E-state index contributed by atoms with van der Waals surface area (Å²) in [4.78, 5) is 0. The number of hydrogen-bond donors (Lipinski definition) is 0. The third-order valence-electron chi connectivity index (χ3n) is 10.2. The van der Waals surface area contributed by atoms with E-state index in [1.807, 2.05) is 0 Å². The minimum Gasteiger partial charge on any atom is -0.195 e. The Balaban J connectivity index is 1.12. The van der Waals surface area contributed by atoms with Gasteiger partial charge in [-0.3, -0.25) is 0 Å². The highest BCUT2D eigenvalue weighted by Crippen LogP contribution is 2.30. The molecule has 2 nitrogen and oxygen atoms in total. The van der Waals surface area contributed by atoms with Crippen LogP contribution in [0.15, 0.2) is 104 Å². The monoisotopic (exact) mass is 746 g/mol. The molecule has 9 rings (SSSR count). The van der Waals surface area contributed by atoms with Crippen molar-refractivity contribution in [2.24, 2.45) is 0 Å². The van der Waals surface area contributed by atoms with E-state index >= 15 is 0 Å². The summed E-state index contributed by atoms with van der Waals surface area (Å²) in [5.41, 5.74) is 18.8. The van der Waals surface area contributed by atoms with Gasteiger partial charge in [0.25, 0.3) is 0 Å². The highest BCUT2D eigenvalue weighted by molar-refractivity contribution is 7.08. The van der Waals surface area contributed by atoms with Gasteiger partial charge in [0.15, 0.2) is 24.5 Å². The van der Waals surface area contributed by atoms with Crippen LogP contribution in [0.25, 0.3) is 48.6 Å². The molecule has 52 heavy (non-hydrogen) atoms. The fourth-order valence-corrected chi connectivity index (χ4v) is 10.0. The zero-order valence-electron chi connectivity index (χ0n) is 28.8. The van der Waals surface area contributed by atoms with Crippen LogP contribution in [0.2, 0.25) is 0 Å². The number of rotatable bonds is 8. The summed E-state index contributed by atoms with van der Waals surface area (Å²) in [6.07, 6.45) is 22.1. The van der Waals surface area contributed by atoms with Crippen LogP contribution in [0, 0.1) is 0 Å². The van der Waals surface area contributed by atoms with Crippen molar-refractivity contribution in [1.82, 2.24) is 0 Å². The van der Waals surface area contributed by atoms with E-state index in [2.05, 4.69) is 161 Å². The Morgan fingerprint density at radius 3 is 1.13 bits per heavy atom. The maximum atomic E-state index is 2.57. The molecule has 8 heterocycles. The summed E-state index contributed by atoms with van der Waals surface area (Å²) in [5.74, 6) is 0. The van der Waals surface area contributed by atoms with Gasteiger partial charge >= 0.3 is 0 Å². The van der Waals surface area contributed by atoms with E-state index in [0.717, 1.165) is 38.8 Å².